The maximum absolute atomic E-state index is 11.1. The van der Waals surface area contributed by atoms with Crippen LogP contribution in [0.25, 0.3) is 10.6 Å². The molecule has 0 spiro atoms. The van der Waals surface area contributed by atoms with E-state index in [1.165, 1.54) is 11.3 Å². The number of ether oxygens (including phenoxy) is 1. The number of carbonyl (C=O) groups is 1. The zero-order valence-corrected chi connectivity index (χ0v) is 12.9. The Labute approximate surface area is 125 Å². The molecule has 1 aromatic heterocycles. The average molecular weight is 309 g/mol. The van der Waals surface area contributed by atoms with Crippen LogP contribution < -0.4 is 0 Å². The first-order chi connectivity index (χ1) is 9.63. The van der Waals surface area contributed by atoms with Crippen LogP contribution in [0.1, 0.15) is 20.9 Å². The summed E-state index contributed by atoms with van der Waals surface area (Å²) in [5, 5.41) is 9.88. The van der Waals surface area contributed by atoms with Gasteiger partial charge in [0, 0.05) is 18.4 Å². The van der Waals surface area contributed by atoms with Gasteiger partial charge in [0.15, 0.2) is 0 Å². The molecule has 0 saturated carbocycles. The quantitative estimate of drug-likeness (QED) is 0.652. The fraction of sp³-hybridized carbons (Fsp3) is 0.286. The van der Waals surface area contributed by atoms with Gasteiger partial charge >= 0.3 is 5.97 Å². The van der Waals surface area contributed by atoms with Crippen LogP contribution in [0.4, 0.5) is 0 Å². The highest BCUT2D eigenvalue weighted by atomic mass is 32.2. The third kappa shape index (κ3) is 3.39. The van der Waals surface area contributed by atoms with Gasteiger partial charge in [-0.05, 0) is 12.5 Å². The summed E-state index contributed by atoms with van der Waals surface area (Å²) in [7, 11) is 1.67. The van der Waals surface area contributed by atoms with Crippen molar-refractivity contribution in [2.75, 3.05) is 13.0 Å². The molecular formula is C14H15NO3S2. The van der Waals surface area contributed by atoms with Crippen molar-refractivity contribution in [3.63, 3.8) is 0 Å². The molecule has 1 aromatic carbocycles. The summed E-state index contributed by atoms with van der Waals surface area (Å²) in [5.74, 6) is 0.522. The summed E-state index contributed by atoms with van der Waals surface area (Å²) < 4.78 is 5.04. The summed E-state index contributed by atoms with van der Waals surface area (Å²) in [6.07, 6.45) is 0. The molecule has 0 atom stereocenters. The molecular weight excluding hydrogens is 294 g/mol. The average Bonchev–Trinajstić information content (AvgIpc) is 2.82. The molecule has 2 aromatic rings. The number of benzene rings is 1. The van der Waals surface area contributed by atoms with Crippen molar-refractivity contribution in [3.05, 3.63) is 40.4 Å². The smallest absolute Gasteiger partial charge is 0.347 e. The van der Waals surface area contributed by atoms with E-state index in [0.717, 1.165) is 21.9 Å². The summed E-state index contributed by atoms with van der Waals surface area (Å²) in [6.45, 7) is 1.73. The number of nitrogens with zero attached hydrogens (tertiary/aromatic N) is 1. The molecule has 0 aliphatic carbocycles. The lowest BCUT2D eigenvalue weighted by atomic mass is 10.1. The van der Waals surface area contributed by atoms with Crippen LogP contribution in [0.2, 0.25) is 0 Å². The monoisotopic (exact) mass is 309 g/mol. The van der Waals surface area contributed by atoms with E-state index in [1.54, 1.807) is 25.8 Å². The summed E-state index contributed by atoms with van der Waals surface area (Å²) in [5.41, 5.74) is 2.70. The first-order valence-electron chi connectivity index (χ1n) is 5.99. The molecule has 0 unspecified atom stereocenters. The second kappa shape index (κ2) is 6.88. The molecule has 0 bridgehead atoms. The lowest BCUT2D eigenvalue weighted by Gasteiger charge is -2.06. The van der Waals surface area contributed by atoms with E-state index >= 15 is 0 Å². The molecule has 1 heterocycles. The van der Waals surface area contributed by atoms with Gasteiger partial charge in [-0.1, -0.05) is 24.3 Å². The minimum absolute atomic E-state index is 0.305. The molecule has 4 nitrogen and oxygen atoms in total. The molecule has 0 aliphatic rings. The van der Waals surface area contributed by atoms with E-state index in [1.807, 2.05) is 24.3 Å². The van der Waals surface area contributed by atoms with E-state index in [9.17, 15) is 4.79 Å². The Hall–Kier alpha value is -1.37. The van der Waals surface area contributed by atoms with Gasteiger partial charge in [-0.25, -0.2) is 9.78 Å². The van der Waals surface area contributed by atoms with Crippen molar-refractivity contribution < 1.29 is 14.6 Å². The Morgan fingerprint density at radius 2 is 2.20 bits per heavy atom. The molecule has 6 heteroatoms. The number of thioether (sulfide) groups is 1. The van der Waals surface area contributed by atoms with E-state index in [4.69, 9.17) is 9.84 Å². The number of rotatable bonds is 6. The predicted molar refractivity (Wildman–Crippen MR) is 82.4 cm³/mol. The minimum Gasteiger partial charge on any atom is -0.477 e. The van der Waals surface area contributed by atoms with Crippen LogP contribution in [0, 0.1) is 6.92 Å². The Bertz CT molecular complexity index is 610. The van der Waals surface area contributed by atoms with Gasteiger partial charge in [0.05, 0.1) is 11.6 Å². The number of carboxylic acids is 1. The van der Waals surface area contributed by atoms with Gasteiger partial charge < -0.3 is 9.84 Å². The van der Waals surface area contributed by atoms with Crippen molar-refractivity contribution in [2.24, 2.45) is 0 Å². The molecule has 0 saturated heterocycles. The van der Waals surface area contributed by atoms with Crippen molar-refractivity contribution in [2.45, 2.75) is 12.7 Å². The van der Waals surface area contributed by atoms with Gasteiger partial charge in [-0.15, -0.1) is 23.1 Å². The summed E-state index contributed by atoms with van der Waals surface area (Å²) in [6, 6.07) is 7.93. The number of carboxylic acid groups (broad SMARTS) is 1. The SMILES string of the molecule is COCSCc1ccccc1-c1nc(C)c(C(=O)O)s1. The number of aromatic carboxylic acids is 1. The van der Waals surface area contributed by atoms with Gasteiger partial charge in [0.2, 0.25) is 0 Å². The number of aromatic nitrogens is 1. The number of hydrogen-bond donors (Lipinski definition) is 1. The number of aryl methyl sites for hydroxylation is 1. The minimum atomic E-state index is -0.919. The summed E-state index contributed by atoms with van der Waals surface area (Å²) >= 11 is 2.89. The Kier molecular flexibility index (Phi) is 5.17. The zero-order chi connectivity index (χ0) is 14.5. The van der Waals surface area contributed by atoms with Crippen LogP contribution in [0.15, 0.2) is 24.3 Å². The van der Waals surface area contributed by atoms with Crippen molar-refractivity contribution in [3.8, 4) is 10.6 Å². The van der Waals surface area contributed by atoms with Crippen LogP contribution >= 0.6 is 23.1 Å². The summed E-state index contributed by atoms with van der Waals surface area (Å²) in [4.78, 5) is 15.8. The van der Waals surface area contributed by atoms with Gasteiger partial charge in [-0.3, -0.25) is 0 Å². The van der Waals surface area contributed by atoms with Crippen LogP contribution in [0.3, 0.4) is 0 Å². The van der Waals surface area contributed by atoms with E-state index in [0.29, 0.717) is 16.5 Å². The highest BCUT2D eigenvalue weighted by Crippen LogP contribution is 2.32. The number of methoxy groups -OCH3 is 1. The van der Waals surface area contributed by atoms with Crippen molar-refractivity contribution in [1.82, 2.24) is 4.98 Å². The van der Waals surface area contributed by atoms with Gasteiger partial charge in [0.1, 0.15) is 9.88 Å². The van der Waals surface area contributed by atoms with E-state index in [2.05, 4.69) is 4.98 Å². The Morgan fingerprint density at radius 3 is 2.85 bits per heavy atom. The number of hydrogen-bond acceptors (Lipinski definition) is 5. The molecule has 2 rings (SSSR count). The first kappa shape index (κ1) is 15.0. The molecule has 1 N–H and O–H groups in total. The fourth-order valence-electron chi connectivity index (χ4n) is 1.80. The molecule has 0 fully saturated rings. The molecule has 0 amide bonds. The topological polar surface area (TPSA) is 59.4 Å². The maximum Gasteiger partial charge on any atom is 0.347 e. The third-order valence-electron chi connectivity index (χ3n) is 2.70. The molecule has 20 heavy (non-hydrogen) atoms. The van der Waals surface area contributed by atoms with E-state index < -0.39 is 5.97 Å². The maximum atomic E-state index is 11.1. The molecule has 0 radical (unpaired) electrons. The third-order valence-corrected chi connectivity index (χ3v) is 4.79. The molecule has 0 aliphatic heterocycles. The van der Waals surface area contributed by atoms with Gasteiger partial charge in [-0.2, -0.15) is 0 Å². The second-order valence-corrected chi connectivity index (χ2v) is 6.08. The second-order valence-electron chi connectivity index (χ2n) is 4.15. The van der Waals surface area contributed by atoms with Crippen LogP contribution in [0.5, 0.6) is 0 Å². The normalized spacial score (nSPS) is 10.7. The van der Waals surface area contributed by atoms with Gasteiger partial charge in [0.25, 0.3) is 0 Å². The largest absolute Gasteiger partial charge is 0.477 e. The van der Waals surface area contributed by atoms with Crippen molar-refractivity contribution >= 4 is 29.1 Å². The first-order valence-corrected chi connectivity index (χ1v) is 7.96. The van der Waals surface area contributed by atoms with Crippen LogP contribution in [-0.2, 0) is 10.5 Å². The highest BCUT2D eigenvalue weighted by Gasteiger charge is 2.16. The fourth-order valence-corrected chi connectivity index (χ4v) is 3.49. The predicted octanol–water partition coefficient (Wildman–Crippen LogP) is 3.65. The lowest BCUT2D eigenvalue weighted by molar-refractivity contribution is 0.0701. The lowest BCUT2D eigenvalue weighted by Crippen LogP contribution is -1.94. The Morgan fingerprint density at radius 1 is 1.45 bits per heavy atom. The van der Waals surface area contributed by atoms with Crippen molar-refractivity contribution in [1.29, 1.82) is 0 Å². The standard InChI is InChI=1S/C14H15NO3S2/c1-9-12(14(16)17)20-13(15-9)11-6-4-3-5-10(11)7-19-8-18-2/h3-6H,7-8H2,1-2H3,(H,16,17). The molecule has 106 valence electrons. The van der Waals surface area contributed by atoms with Crippen LogP contribution in [-0.4, -0.2) is 29.1 Å². The Balaban J connectivity index is 2.32. The number of thiazole rings is 1. The zero-order valence-electron chi connectivity index (χ0n) is 11.3. The highest BCUT2D eigenvalue weighted by molar-refractivity contribution is 7.98. The van der Waals surface area contributed by atoms with E-state index in [-0.39, 0.29) is 0 Å².